The Kier molecular flexibility index (Phi) is 3.70. The fraction of sp³-hybridized carbons (Fsp3) is 0.462. The van der Waals surface area contributed by atoms with Crippen LogP contribution in [0.15, 0.2) is 24.3 Å². The highest BCUT2D eigenvalue weighted by molar-refractivity contribution is 5.87. The molecule has 3 nitrogen and oxygen atoms in total. The number of aromatic carboxylic acids is 1. The molecule has 0 aliphatic heterocycles. The molecule has 0 aromatic heterocycles. The van der Waals surface area contributed by atoms with E-state index >= 15 is 0 Å². The molecule has 0 amide bonds. The third kappa shape index (κ3) is 2.83. The molecule has 0 radical (unpaired) electrons. The molecule has 3 heteroatoms. The van der Waals surface area contributed by atoms with Crippen molar-refractivity contribution in [2.75, 3.05) is 7.05 Å². The Morgan fingerprint density at radius 2 is 1.75 bits per heavy atom. The first-order chi connectivity index (χ1) is 7.36. The molecule has 0 saturated heterocycles. The van der Waals surface area contributed by atoms with Gasteiger partial charge in [0.2, 0.25) is 0 Å². The number of hydrogen-bond acceptors (Lipinski definition) is 2. The van der Waals surface area contributed by atoms with Crippen molar-refractivity contribution in [3.8, 4) is 0 Å². The van der Waals surface area contributed by atoms with Gasteiger partial charge in [0.05, 0.1) is 5.56 Å². The molecule has 0 heterocycles. The number of rotatable bonds is 3. The van der Waals surface area contributed by atoms with Gasteiger partial charge in [0.15, 0.2) is 0 Å². The molecule has 0 saturated carbocycles. The Balaban J connectivity index is 3.00. The van der Waals surface area contributed by atoms with Gasteiger partial charge in [0.1, 0.15) is 0 Å². The average Bonchev–Trinajstić information content (AvgIpc) is 2.17. The van der Waals surface area contributed by atoms with Crippen LogP contribution in [-0.4, -0.2) is 18.1 Å². The van der Waals surface area contributed by atoms with E-state index in [1.807, 2.05) is 19.2 Å². The second-order valence-electron chi connectivity index (χ2n) is 5.01. The van der Waals surface area contributed by atoms with E-state index in [9.17, 15) is 4.79 Å². The first kappa shape index (κ1) is 12.7. The van der Waals surface area contributed by atoms with Gasteiger partial charge in [-0.25, -0.2) is 4.79 Å². The van der Waals surface area contributed by atoms with Crippen LogP contribution in [0.4, 0.5) is 0 Å². The summed E-state index contributed by atoms with van der Waals surface area (Å²) in [4.78, 5) is 10.7. The van der Waals surface area contributed by atoms with Crippen molar-refractivity contribution in [2.24, 2.45) is 5.41 Å². The molecule has 2 N–H and O–H groups in total. The fourth-order valence-corrected chi connectivity index (χ4v) is 1.92. The molecule has 1 unspecified atom stereocenters. The van der Waals surface area contributed by atoms with Crippen molar-refractivity contribution < 1.29 is 9.90 Å². The van der Waals surface area contributed by atoms with Crippen molar-refractivity contribution >= 4 is 5.97 Å². The molecule has 0 bridgehead atoms. The van der Waals surface area contributed by atoms with Crippen LogP contribution in [0.1, 0.15) is 42.7 Å². The normalized spacial score (nSPS) is 13.5. The lowest BCUT2D eigenvalue weighted by atomic mass is 9.82. The summed E-state index contributed by atoms with van der Waals surface area (Å²) < 4.78 is 0. The molecule has 1 aromatic carbocycles. The third-order valence-corrected chi connectivity index (χ3v) is 2.65. The average molecular weight is 221 g/mol. The van der Waals surface area contributed by atoms with Crippen molar-refractivity contribution in [2.45, 2.75) is 26.8 Å². The standard InChI is InChI=1S/C13H19NO2/c1-13(2,3)11(14-4)9-5-7-10(8-6-9)12(15)16/h5-8,11,14H,1-4H3,(H,15,16). The summed E-state index contributed by atoms with van der Waals surface area (Å²) in [5.74, 6) is -0.886. The molecular weight excluding hydrogens is 202 g/mol. The Bertz CT molecular complexity index is 363. The summed E-state index contributed by atoms with van der Waals surface area (Å²) in [6.07, 6.45) is 0. The van der Waals surface area contributed by atoms with Gasteiger partial charge in [-0.3, -0.25) is 0 Å². The lowest BCUT2D eigenvalue weighted by molar-refractivity contribution is 0.0697. The summed E-state index contributed by atoms with van der Waals surface area (Å²) in [5.41, 5.74) is 1.53. The van der Waals surface area contributed by atoms with E-state index in [4.69, 9.17) is 5.11 Å². The predicted molar refractivity (Wildman–Crippen MR) is 64.7 cm³/mol. The minimum absolute atomic E-state index is 0.0967. The van der Waals surface area contributed by atoms with Gasteiger partial charge in [-0.2, -0.15) is 0 Å². The van der Waals surface area contributed by atoms with Gasteiger partial charge in [-0.1, -0.05) is 32.9 Å². The van der Waals surface area contributed by atoms with Crippen LogP contribution in [0.3, 0.4) is 0 Å². The maximum Gasteiger partial charge on any atom is 0.335 e. The lowest BCUT2D eigenvalue weighted by Crippen LogP contribution is -2.29. The van der Waals surface area contributed by atoms with Crippen LogP contribution in [0, 0.1) is 5.41 Å². The number of nitrogens with one attached hydrogen (secondary N) is 1. The number of benzene rings is 1. The number of carboxylic acid groups (broad SMARTS) is 1. The van der Waals surface area contributed by atoms with E-state index in [0.717, 1.165) is 5.56 Å². The highest BCUT2D eigenvalue weighted by Gasteiger charge is 2.24. The van der Waals surface area contributed by atoms with Crippen LogP contribution >= 0.6 is 0 Å². The van der Waals surface area contributed by atoms with E-state index in [0.29, 0.717) is 5.56 Å². The Hall–Kier alpha value is -1.35. The van der Waals surface area contributed by atoms with E-state index in [2.05, 4.69) is 26.1 Å². The second-order valence-corrected chi connectivity index (χ2v) is 5.01. The number of hydrogen-bond donors (Lipinski definition) is 2. The lowest BCUT2D eigenvalue weighted by Gasteiger charge is -2.30. The summed E-state index contributed by atoms with van der Waals surface area (Å²) in [5, 5.41) is 12.1. The van der Waals surface area contributed by atoms with Crippen LogP contribution in [-0.2, 0) is 0 Å². The molecular formula is C13H19NO2. The summed E-state index contributed by atoms with van der Waals surface area (Å²) >= 11 is 0. The summed E-state index contributed by atoms with van der Waals surface area (Å²) in [7, 11) is 1.92. The molecule has 1 atom stereocenters. The quantitative estimate of drug-likeness (QED) is 0.825. The van der Waals surface area contributed by atoms with Gasteiger partial charge < -0.3 is 10.4 Å². The molecule has 0 spiro atoms. The first-order valence-corrected chi connectivity index (χ1v) is 5.37. The van der Waals surface area contributed by atoms with Crippen molar-refractivity contribution in [3.05, 3.63) is 35.4 Å². The monoisotopic (exact) mass is 221 g/mol. The Morgan fingerprint density at radius 3 is 2.06 bits per heavy atom. The molecule has 1 rings (SSSR count). The molecule has 16 heavy (non-hydrogen) atoms. The molecule has 88 valence electrons. The Labute approximate surface area is 96.5 Å². The SMILES string of the molecule is CNC(c1ccc(C(=O)O)cc1)C(C)(C)C. The molecule has 0 aliphatic rings. The second kappa shape index (κ2) is 4.66. The van der Waals surface area contributed by atoms with Crippen molar-refractivity contribution in [1.29, 1.82) is 0 Å². The van der Waals surface area contributed by atoms with E-state index in [-0.39, 0.29) is 11.5 Å². The summed E-state index contributed by atoms with van der Waals surface area (Å²) in [6.45, 7) is 6.46. The minimum Gasteiger partial charge on any atom is -0.478 e. The maximum atomic E-state index is 10.7. The zero-order valence-electron chi connectivity index (χ0n) is 10.2. The van der Waals surface area contributed by atoms with Crippen LogP contribution in [0.25, 0.3) is 0 Å². The van der Waals surface area contributed by atoms with Crippen LogP contribution in [0.2, 0.25) is 0 Å². The van der Waals surface area contributed by atoms with Crippen LogP contribution in [0.5, 0.6) is 0 Å². The van der Waals surface area contributed by atoms with Gasteiger partial charge >= 0.3 is 5.97 Å². The maximum absolute atomic E-state index is 10.7. The molecule has 0 aliphatic carbocycles. The van der Waals surface area contributed by atoms with Crippen molar-refractivity contribution in [1.82, 2.24) is 5.32 Å². The smallest absolute Gasteiger partial charge is 0.335 e. The predicted octanol–water partition coefficient (Wildman–Crippen LogP) is 2.69. The third-order valence-electron chi connectivity index (χ3n) is 2.65. The number of carboxylic acids is 1. The zero-order chi connectivity index (χ0) is 12.3. The topological polar surface area (TPSA) is 49.3 Å². The van der Waals surface area contributed by atoms with Gasteiger partial charge in [0, 0.05) is 6.04 Å². The molecule has 0 fully saturated rings. The molecule has 1 aromatic rings. The van der Waals surface area contributed by atoms with E-state index in [1.165, 1.54) is 0 Å². The summed E-state index contributed by atoms with van der Waals surface area (Å²) in [6, 6.07) is 7.25. The fourth-order valence-electron chi connectivity index (χ4n) is 1.92. The van der Waals surface area contributed by atoms with Gasteiger partial charge in [0.25, 0.3) is 0 Å². The highest BCUT2D eigenvalue weighted by atomic mass is 16.4. The van der Waals surface area contributed by atoms with Gasteiger partial charge in [-0.15, -0.1) is 0 Å². The van der Waals surface area contributed by atoms with Crippen molar-refractivity contribution in [3.63, 3.8) is 0 Å². The Morgan fingerprint density at radius 1 is 1.25 bits per heavy atom. The number of carbonyl (C=O) groups is 1. The minimum atomic E-state index is -0.886. The van der Waals surface area contributed by atoms with E-state index in [1.54, 1.807) is 12.1 Å². The highest BCUT2D eigenvalue weighted by Crippen LogP contribution is 2.32. The van der Waals surface area contributed by atoms with E-state index < -0.39 is 5.97 Å². The van der Waals surface area contributed by atoms with Crippen LogP contribution < -0.4 is 5.32 Å². The first-order valence-electron chi connectivity index (χ1n) is 5.37. The van der Waals surface area contributed by atoms with Gasteiger partial charge in [-0.05, 0) is 30.2 Å². The largest absolute Gasteiger partial charge is 0.478 e. The zero-order valence-corrected chi connectivity index (χ0v) is 10.2.